The summed E-state index contributed by atoms with van der Waals surface area (Å²) in [4.78, 5) is 25.9. The van der Waals surface area contributed by atoms with Crippen molar-refractivity contribution in [2.45, 2.75) is 38.1 Å². The first-order chi connectivity index (χ1) is 12.0. The fourth-order valence-electron chi connectivity index (χ4n) is 3.33. The summed E-state index contributed by atoms with van der Waals surface area (Å²) in [5.74, 6) is 0.186. The lowest BCUT2D eigenvalue weighted by atomic mass is 10.1. The number of hydrogen-bond donors (Lipinski definition) is 1. The molecule has 0 saturated heterocycles. The lowest BCUT2D eigenvalue weighted by Crippen LogP contribution is -2.39. The number of amides is 1. The highest BCUT2D eigenvalue weighted by molar-refractivity contribution is 5.84. The van der Waals surface area contributed by atoms with Crippen LogP contribution in [0.4, 0.5) is 0 Å². The molecule has 2 aliphatic carbocycles. The number of ether oxygens (including phenoxy) is 2. The van der Waals surface area contributed by atoms with Crippen molar-refractivity contribution >= 4 is 11.9 Å². The maximum Gasteiger partial charge on any atom is 0.308 e. The van der Waals surface area contributed by atoms with Gasteiger partial charge in [-0.05, 0) is 37.5 Å². The van der Waals surface area contributed by atoms with E-state index in [1.165, 1.54) is 0 Å². The number of benzene rings is 1. The number of aliphatic carboxylic acids is 1. The molecule has 6 heteroatoms. The Morgan fingerprint density at radius 1 is 1.28 bits per heavy atom. The van der Waals surface area contributed by atoms with Crippen LogP contribution in [0.25, 0.3) is 0 Å². The van der Waals surface area contributed by atoms with Crippen LogP contribution >= 0.6 is 0 Å². The molecule has 1 N–H and O–H groups in total. The number of nitrogens with zero attached hydrogens (tertiary/aromatic N) is 1. The maximum atomic E-state index is 12.9. The Bertz CT molecular complexity index is 670. The number of hydrogen-bond acceptors (Lipinski definition) is 4. The Morgan fingerprint density at radius 3 is 2.56 bits per heavy atom. The van der Waals surface area contributed by atoms with Gasteiger partial charge in [-0.1, -0.05) is 6.92 Å². The van der Waals surface area contributed by atoms with Crippen molar-refractivity contribution in [2.75, 3.05) is 20.8 Å². The average Bonchev–Trinajstić information content (AvgIpc) is 3.50. The van der Waals surface area contributed by atoms with Crippen LogP contribution in [-0.2, 0) is 9.59 Å². The van der Waals surface area contributed by atoms with Gasteiger partial charge in [0.15, 0.2) is 0 Å². The molecular formula is C19H25NO5. The predicted octanol–water partition coefficient (Wildman–Crippen LogP) is 2.52. The molecule has 1 amide bonds. The van der Waals surface area contributed by atoms with Crippen molar-refractivity contribution in [1.29, 1.82) is 0 Å². The Balaban J connectivity index is 1.73. The van der Waals surface area contributed by atoms with Crippen molar-refractivity contribution in [1.82, 2.24) is 4.90 Å². The average molecular weight is 347 g/mol. The third-order valence-corrected chi connectivity index (χ3v) is 5.11. The summed E-state index contributed by atoms with van der Waals surface area (Å²) in [5.41, 5.74) is 0.988. The van der Waals surface area contributed by atoms with Gasteiger partial charge in [0.2, 0.25) is 5.91 Å². The van der Waals surface area contributed by atoms with Crippen LogP contribution in [0.1, 0.15) is 37.7 Å². The summed E-state index contributed by atoms with van der Waals surface area (Å²) in [6, 6.07) is 5.84. The highest BCUT2D eigenvalue weighted by Gasteiger charge is 2.49. The van der Waals surface area contributed by atoms with Crippen LogP contribution in [0.5, 0.6) is 11.5 Å². The van der Waals surface area contributed by atoms with Crippen LogP contribution in [0.15, 0.2) is 18.2 Å². The molecule has 2 fully saturated rings. The Morgan fingerprint density at radius 2 is 2.00 bits per heavy atom. The Hall–Kier alpha value is -2.24. The molecule has 0 bridgehead atoms. The van der Waals surface area contributed by atoms with E-state index in [1.807, 2.05) is 18.2 Å². The standard InChI is InChI=1S/C19H25NO5/c1-11(19(22)23)10-20(12-4-5-12)18(21)16-9-14(16)15-8-13(24-2)6-7-17(15)25-3/h6-8,11-12,14,16H,4-5,9-10H2,1-3H3,(H,22,23). The van der Waals surface area contributed by atoms with E-state index in [1.54, 1.807) is 26.0 Å². The van der Waals surface area contributed by atoms with E-state index in [0.29, 0.717) is 0 Å². The largest absolute Gasteiger partial charge is 0.497 e. The molecule has 25 heavy (non-hydrogen) atoms. The van der Waals surface area contributed by atoms with Gasteiger partial charge in [0.1, 0.15) is 11.5 Å². The first-order valence-corrected chi connectivity index (χ1v) is 8.71. The second-order valence-electron chi connectivity index (χ2n) is 7.02. The summed E-state index contributed by atoms with van der Waals surface area (Å²) < 4.78 is 10.7. The predicted molar refractivity (Wildman–Crippen MR) is 91.9 cm³/mol. The second-order valence-corrected chi connectivity index (χ2v) is 7.02. The van der Waals surface area contributed by atoms with Crippen LogP contribution in [0, 0.1) is 11.8 Å². The van der Waals surface area contributed by atoms with E-state index in [0.717, 1.165) is 36.3 Å². The molecule has 0 heterocycles. The van der Waals surface area contributed by atoms with E-state index >= 15 is 0 Å². The molecule has 1 aromatic carbocycles. The quantitative estimate of drug-likeness (QED) is 0.782. The Kier molecular flexibility index (Phi) is 4.88. The molecule has 0 aliphatic heterocycles. The zero-order chi connectivity index (χ0) is 18.1. The molecule has 136 valence electrons. The van der Waals surface area contributed by atoms with Crippen molar-refractivity contribution in [3.63, 3.8) is 0 Å². The number of carboxylic acids is 1. The van der Waals surface area contributed by atoms with Crippen molar-refractivity contribution in [3.8, 4) is 11.5 Å². The molecule has 6 nitrogen and oxygen atoms in total. The van der Waals surface area contributed by atoms with Crippen molar-refractivity contribution < 1.29 is 24.2 Å². The zero-order valence-electron chi connectivity index (χ0n) is 14.9. The number of carboxylic acid groups (broad SMARTS) is 1. The van der Waals surface area contributed by atoms with E-state index in [2.05, 4.69) is 0 Å². The molecule has 2 aliphatic rings. The highest BCUT2D eigenvalue weighted by Crippen LogP contribution is 2.52. The van der Waals surface area contributed by atoms with Crippen LogP contribution in [0.2, 0.25) is 0 Å². The molecule has 2 saturated carbocycles. The molecule has 3 unspecified atom stereocenters. The Labute approximate surface area is 147 Å². The van der Waals surface area contributed by atoms with E-state index in [4.69, 9.17) is 14.6 Å². The first-order valence-electron chi connectivity index (χ1n) is 8.71. The zero-order valence-corrected chi connectivity index (χ0v) is 14.9. The van der Waals surface area contributed by atoms with Gasteiger partial charge in [-0.3, -0.25) is 9.59 Å². The van der Waals surface area contributed by atoms with Gasteiger partial charge in [-0.2, -0.15) is 0 Å². The minimum atomic E-state index is -0.861. The fraction of sp³-hybridized carbons (Fsp3) is 0.579. The fourth-order valence-corrected chi connectivity index (χ4v) is 3.33. The number of rotatable bonds is 8. The molecule has 0 spiro atoms. The van der Waals surface area contributed by atoms with Gasteiger partial charge >= 0.3 is 5.97 Å². The van der Waals surface area contributed by atoms with Gasteiger partial charge in [-0.25, -0.2) is 0 Å². The molecule has 3 atom stereocenters. The summed E-state index contributed by atoms with van der Waals surface area (Å²) in [6.07, 6.45) is 2.71. The lowest BCUT2D eigenvalue weighted by Gasteiger charge is -2.24. The summed E-state index contributed by atoms with van der Waals surface area (Å²) >= 11 is 0. The summed E-state index contributed by atoms with van der Waals surface area (Å²) in [6.45, 7) is 1.94. The van der Waals surface area contributed by atoms with Gasteiger partial charge in [0.05, 0.1) is 20.1 Å². The number of carbonyl (C=O) groups excluding carboxylic acids is 1. The lowest BCUT2D eigenvalue weighted by molar-refractivity contribution is -0.143. The third-order valence-electron chi connectivity index (χ3n) is 5.11. The SMILES string of the molecule is COc1ccc(OC)c(C2CC2C(=O)N(CC(C)C(=O)O)C2CC2)c1. The minimum Gasteiger partial charge on any atom is -0.497 e. The molecule has 3 rings (SSSR count). The molecule has 1 aromatic rings. The monoisotopic (exact) mass is 347 g/mol. The van der Waals surface area contributed by atoms with E-state index in [-0.39, 0.29) is 30.3 Å². The maximum absolute atomic E-state index is 12.9. The normalized spacial score (nSPS) is 22.8. The van der Waals surface area contributed by atoms with E-state index < -0.39 is 11.9 Å². The topological polar surface area (TPSA) is 76.1 Å². The summed E-state index contributed by atoms with van der Waals surface area (Å²) in [7, 11) is 3.23. The van der Waals surface area contributed by atoms with Gasteiger partial charge < -0.3 is 19.5 Å². The second kappa shape index (κ2) is 6.94. The molecule has 0 aromatic heterocycles. The van der Waals surface area contributed by atoms with Crippen LogP contribution in [0.3, 0.4) is 0 Å². The smallest absolute Gasteiger partial charge is 0.308 e. The van der Waals surface area contributed by atoms with Crippen molar-refractivity contribution in [3.05, 3.63) is 23.8 Å². The van der Waals surface area contributed by atoms with Gasteiger partial charge in [-0.15, -0.1) is 0 Å². The summed E-state index contributed by atoms with van der Waals surface area (Å²) in [5, 5.41) is 9.16. The van der Waals surface area contributed by atoms with E-state index in [9.17, 15) is 9.59 Å². The van der Waals surface area contributed by atoms with Gasteiger partial charge in [0, 0.05) is 30.0 Å². The molecule has 0 radical (unpaired) electrons. The molecular weight excluding hydrogens is 322 g/mol. The van der Waals surface area contributed by atoms with Gasteiger partial charge in [0.25, 0.3) is 0 Å². The van der Waals surface area contributed by atoms with Crippen LogP contribution in [-0.4, -0.2) is 48.7 Å². The third kappa shape index (κ3) is 3.72. The first kappa shape index (κ1) is 17.6. The highest BCUT2D eigenvalue weighted by atomic mass is 16.5. The van der Waals surface area contributed by atoms with Crippen LogP contribution < -0.4 is 9.47 Å². The number of carbonyl (C=O) groups is 2. The minimum absolute atomic E-state index is 0.0745. The number of methoxy groups -OCH3 is 2. The van der Waals surface area contributed by atoms with Crippen molar-refractivity contribution in [2.24, 2.45) is 11.8 Å².